The quantitative estimate of drug-likeness (QED) is 0.586. The molecule has 0 aromatic heterocycles. The van der Waals surface area contributed by atoms with Gasteiger partial charge in [-0.05, 0) is 25.0 Å². The van der Waals surface area contributed by atoms with Crippen molar-refractivity contribution in [3.8, 4) is 11.8 Å². The molecule has 2 aromatic carbocycles. The fraction of sp³-hybridized carbons (Fsp3) is 0.300. The predicted octanol–water partition coefficient (Wildman–Crippen LogP) is 3.81. The number of phenols is 1. The van der Waals surface area contributed by atoms with Crippen molar-refractivity contribution in [2.24, 2.45) is 0 Å². The van der Waals surface area contributed by atoms with Gasteiger partial charge in [-0.2, -0.15) is 5.26 Å². The van der Waals surface area contributed by atoms with Crippen LogP contribution in [0.15, 0.2) is 48.2 Å². The van der Waals surface area contributed by atoms with Gasteiger partial charge in [0, 0.05) is 28.7 Å². The second kappa shape index (κ2) is 7.71. The number of nitriles is 1. The maximum absolute atomic E-state index is 12.4. The highest BCUT2D eigenvalue weighted by atomic mass is 16.3. The van der Waals surface area contributed by atoms with Gasteiger partial charge >= 0.3 is 0 Å². The lowest BCUT2D eigenvalue weighted by molar-refractivity contribution is -0.112. The van der Waals surface area contributed by atoms with Crippen molar-refractivity contribution in [3.63, 3.8) is 0 Å². The molecule has 0 bridgehead atoms. The molecule has 0 radical (unpaired) electrons. The largest absolute Gasteiger partial charge is 0.507 e. The average Bonchev–Trinajstić information content (AvgIpc) is 2.64. The van der Waals surface area contributed by atoms with Crippen molar-refractivity contribution in [1.29, 1.82) is 5.26 Å². The summed E-state index contributed by atoms with van der Waals surface area (Å²) in [6, 6.07) is 12.7. The van der Waals surface area contributed by atoms with E-state index in [9.17, 15) is 15.2 Å². The number of fused-ring (bicyclic) bond motifs is 1. The number of anilines is 1. The summed E-state index contributed by atoms with van der Waals surface area (Å²) in [7, 11) is 0. The standard InChI is InChI=1S/C20H21N3O2/c21-12-14(13-22-15-6-2-1-3-7-15)20(25)23-18-10-4-9-17-16(18)8-5-11-19(17)24/h4-5,8-11,13,15,22,24H,1-3,6-7H2,(H,23,25)/b14-13-. The van der Waals surface area contributed by atoms with Crippen LogP contribution in [0, 0.1) is 11.3 Å². The van der Waals surface area contributed by atoms with Gasteiger partial charge in [-0.3, -0.25) is 4.79 Å². The molecule has 0 aliphatic heterocycles. The number of hydrogen-bond donors (Lipinski definition) is 3. The molecule has 1 amide bonds. The van der Waals surface area contributed by atoms with Crippen molar-refractivity contribution in [3.05, 3.63) is 48.2 Å². The fourth-order valence-corrected chi connectivity index (χ4v) is 3.21. The van der Waals surface area contributed by atoms with E-state index in [2.05, 4.69) is 10.6 Å². The molecule has 0 saturated heterocycles. The average molecular weight is 335 g/mol. The molecule has 1 aliphatic carbocycles. The summed E-state index contributed by atoms with van der Waals surface area (Å²) in [5.41, 5.74) is 0.611. The van der Waals surface area contributed by atoms with E-state index in [-0.39, 0.29) is 11.3 Å². The molecule has 1 saturated carbocycles. The summed E-state index contributed by atoms with van der Waals surface area (Å²) in [5.74, 6) is -0.301. The van der Waals surface area contributed by atoms with E-state index in [1.807, 2.05) is 12.1 Å². The van der Waals surface area contributed by atoms with E-state index in [0.717, 1.165) is 18.2 Å². The molecular weight excluding hydrogens is 314 g/mol. The number of rotatable bonds is 4. The number of nitrogens with one attached hydrogen (secondary N) is 2. The highest BCUT2D eigenvalue weighted by Crippen LogP contribution is 2.30. The molecule has 0 heterocycles. The lowest BCUT2D eigenvalue weighted by atomic mass is 9.96. The Hall–Kier alpha value is -3.00. The van der Waals surface area contributed by atoms with E-state index in [1.165, 1.54) is 25.5 Å². The van der Waals surface area contributed by atoms with Crippen molar-refractivity contribution in [2.75, 3.05) is 5.32 Å². The van der Waals surface area contributed by atoms with Gasteiger partial charge in [-0.15, -0.1) is 0 Å². The van der Waals surface area contributed by atoms with Gasteiger partial charge in [0.1, 0.15) is 17.4 Å². The third-order valence-electron chi connectivity index (χ3n) is 4.58. The zero-order chi connectivity index (χ0) is 17.6. The van der Waals surface area contributed by atoms with Crippen LogP contribution in [0.5, 0.6) is 5.75 Å². The van der Waals surface area contributed by atoms with Crippen LogP contribution < -0.4 is 10.6 Å². The molecule has 3 rings (SSSR count). The molecule has 5 nitrogen and oxygen atoms in total. The summed E-state index contributed by atoms with van der Waals surface area (Å²) in [5, 5.41) is 26.6. The Balaban J connectivity index is 1.76. The van der Waals surface area contributed by atoms with Crippen LogP contribution in [-0.4, -0.2) is 17.1 Å². The number of nitrogens with zero attached hydrogens (tertiary/aromatic N) is 1. The summed E-state index contributed by atoms with van der Waals surface area (Å²) in [6.45, 7) is 0. The van der Waals surface area contributed by atoms with E-state index in [0.29, 0.717) is 17.1 Å². The summed E-state index contributed by atoms with van der Waals surface area (Å²) in [6.07, 6.45) is 7.27. The van der Waals surface area contributed by atoms with Crippen LogP contribution in [0.3, 0.4) is 0 Å². The van der Waals surface area contributed by atoms with Crippen LogP contribution in [-0.2, 0) is 4.79 Å². The van der Waals surface area contributed by atoms with Gasteiger partial charge in [0.2, 0.25) is 0 Å². The molecule has 1 aliphatic rings. The smallest absolute Gasteiger partial charge is 0.267 e. The molecule has 25 heavy (non-hydrogen) atoms. The molecule has 1 fully saturated rings. The van der Waals surface area contributed by atoms with Gasteiger partial charge in [0.15, 0.2) is 0 Å². The second-order valence-electron chi connectivity index (χ2n) is 6.30. The zero-order valence-electron chi connectivity index (χ0n) is 14.0. The molecule has 0 spiro atoms. The first-order chi connectivity index (χ1) is 12.2. The number of aromatic hydroxyl groups is 1. The van der Waals surface area contributed by atoms with Crippen LogP contribution >= 0.6 is 0 Å². The van der Waals surface area contributed by atoms with Crippen molar-refractivity contribution >= 4 is 22.4 Å². The Morgan fingerprint density at radius 2 is 1.84 bits per heavy atom. The number of carbonyl (C=O) groups is 1. The Bertz CT molecular complexity index is 846. The molecule has 5 heteroatoms. The van der Waals surface area contributed by atoms with E-state index in [4.69, 9.17) is 0 Å². The second-order valence-corrected chi connectivity index (χ2v) is 6.30. The number of carbonyl (C=O) groups excluding carboxylic acids is 1. The Kier molecular flexibility index (Phi) is 5.20. The molecule has 3 N–H and O–H groups in total. The summed E-state index contributed by atoms with van der Waals surface area (Å²) < 4.78 is 0. The SMILES string of the molecule is N#C/C(=C/NC1CCCCC1)C(=O)Nc1cccc2c(O)cccc12. The van der Waals surface area contributed by atoms with Crippen LogP contribution in [0.4, 0.5) is 5.69 Å². The van der Waals surface area contributed by atoms with E-state index < -0.39 is 5.91 Å². The lowest BCUT2D eigenvalue weighted by Gasteiger charge is -2.21. The molecule has 0 atom stereocenters. The monoisotopic (exact) mass is 335 g/mol. The lowest BCUT2D eigenvalue weighted by Crippen LogP contribution is -2.28. The maximum atomic E-state index is 12.4. The van der Waals surface area contributed by atoms with Crippen molar-refractivity contribution < 1.29 is 9.90 Å². The van der Waals surface area contributed by atoms with E-state index in [1.54, 1.807) is 30.3 Å². The molecule has 2 aromatic rings. The molecular formula is C20H21N3O2. The first-order valence-corrected chi connectivity index (χ1v) is 8.57. The topological polar surface area (TPSA) is 85.2 Å². The molecule has 128 valence electrons. The van der Waals surface area contributed by atoms with Gasteiger partial charge in [0.05, 0.1) is 0 Å². The third kappa shape index (κ3) is 3.92. The summed E-state index contributed by atoms with van der Waals surface area (Å²) in [4.78, 5) is 12.4. The van der Waals surface area contributed by atoms with Gasteiger partial charge in [-0.1, -0.05) is 43.5 Å². The normalized spacial score (nSPS) is 15.6. The van der Waals surface area contributed by atoms with Crippen LogP contribution in [0.25, 0.3) is 10.8 Å². The van der Waals surface area contributed by atoms with Crippen molar-refractivity contribution in [2.45, 2.75) is 38.1 Å². The highest BCUT2D eigenvalue weighted by molar-refractivity contribution is 6.11. The first-order valence-electron chi connectivity index (χ1n) is 8.57. The Morgan fingerprint density at radius 3 is 2.60 bits per heavy atom. The molecule has 0 unspecified atom stereocenters. The van der Waals surface area contributed by atoms with Gasteiger partial charge in [0.25, 0.3) is 5.91 Å². The van der Waals surface area contributed by atoms with Gasteiger partial charge in [-0.25, -0.2) is 0 Å². The Labute approximate surface area is 147 Å². The number of amides is 1. The van der Waals surface area contributed by atoms with Crippen LogP contribution in [0.2, 0.25) is 0 Å². The minimum Gasteiger partial charge on any atom is -0.507 e. The zero-order valence-corrected chi connectivity index (χ0v) is 14.0. The first kappa shape index (κ1) is 16.8. The fourth-order valence-electron chi connectivity index (χ4n) is 3.21. The number of phenolic OH excluding ortho intramolecular Hbond substituents is 1. The van der Waals surface area contributed by atoms with E-state index >= 15 is 0 Å². The third-order valence-corrected chi connectivity index (χ3v) is 4.58. The van der Waals surface area contributed by atoms with Gasteiger partial charge < -0.3 is 15.7 Å². The summed E-state index contributed by atoms with van der Waals surface area (Å²) >= 11 is 0. The highest BCUT2D eigenvalue weighted by Gasteiger charge is 2.15. The minimum absolute atomic E-state index is 0.0442. The van der Waals surface area contributed by atoms with Crippen LogP contribution in [0.1, 0.15) is 32.1 Å². The Morgan fingerprint density at radius 1 is 1.12 bits per heavy atom. The maximum Gasteiger partial charge on any atom is 0.267 e. The minimum atomic E-state index is -0.457. The number of hydrogen-bond acceptors (Lipinski definition) is 4. The predicted molar refractivity (Wildman–Crippen MR) is 97.9 cm³/mol. The number of benzene rings is 2. The van der Waals surface area contributed by atoms with Crippen molar-refractivity contribution in [1.82, 2.24) is 5.32 Å².